The summed E-state index contributed by atoms with van der Waals surface area (Å²) in [6, 6.07) is 0.256. The number of fused-ring (bicyclic) bond motifs is 7. The van der Waals surface area contributed by atoms with Gasteiger partial charge in [-0.25, -0.2) is 4.79 Å². The zero-order valence-electron chi connectivity index (χ0n) is 32.4. The predicted octanol–water partition coefficient (Wildman–Crippen LogP) is 1.11. The summed E-state index contributed by atoms with van der Waals surface area (Å²) in [4.78, 5) is 43.5. The van der Waals surface area contributed by atoms with Crippen molar-refractivity contribution in [3.63, 3.8) is 0 Å². The highest BCUT2D eigenvalue weighted by molar-refractivity contribution is 8.76. The molecule has 2 aliphatic carbocycles. The van der Waals surface area contributed by atoms with Gasteiger partial charge in [-0.05, 0) is 63.7 Å². The number of nitrogens with two attached hydrogens (primary N) is 3. The lowest BCUT2D eigenvalue weighted by Crippen LogP contribution is -2.96. The lowest BCUT2D eigenvalue weighted by Gasteiger charge is -2.56. The van der Waals surface area contributed by atoms with Crippen molar-refractivity contribution in [2.45, 2.75) is 114 Å². The molecule has 1 spiro atoms. The summed E-state index contributed by atoms with van der Waals surface area (Å²) in [6.45, 7) is 6.34. The van der Waals surface area contributed by atoms with Crippen LogP contribution in [0.2, 0.25) is 0 Å². The molecule has 54 heavy (non-hydrogen) atoms. The number of aliphatic hydroxyl groups excluding tert-OH is 2. The molecule has 0 aromatic heterocycles. The molecule has 6 fully saturated rings. The lowest BCUT2D eigenvalue weighted by atomic mass is 9.56. The van der Waals surface area contributed by atoms with Crippen LogP contribution in [0.15, 0.2) is 23.3 Å². The molecule has 302 valence electrons. The average Bonchev–Trinajstić information content (AvgIpc) is 3.51. The average molecular weight is 793 g/mol. The van der Waals surface area contributed by atoms with Gasteiger partial charge in [-0.2, -0.15) is 0 Å². The summed E-state index contributed by atoms with van der Waals surface area (Å²) in [7, 11) is 5.82. The largest absolute Gasteiger partial charge is 0.462 e. The SMILES string of the molecule is CC=C(CCO)C(=O)OC1(C)CC=C2CSSCC3C(C[NH2+]C)CN3C(=O)CC3C[NH2+]C(N)CC3C2C12CC1CC3CC(CCCO)C(=O)OC3CC1O2. The van der Waals surface area contributed by atoms with Crippen molar-refractivity contribution in [1.29, 1.82) is 0 Å². The number of aliphatic hydroxyl groups is 2. The normalized spacial score (nSPS) is 42.5. The fourth-order valence-electron chi connectivity index (χ4n) is 11.5. The second-order valence-corrected chi connectivity index (χ2v) is 20.0. The molecule has 0 bridgehead atoms. The van der Waals surface area contributed by atoms with Crippen molar-refractivity contribution in [2.75, 3.05) is 51.4 Å². The van der Waals surface area contributed by atoms with Crippen molar-refractivity contribution < 1.29 is 49.4 Å². The van der Waals surface area contributed by atoms with E-state index in [2.05, 4.69) is 28.7 Å². The van der Waals surface area contributed by atoms with Gasteiger partial charge in [-0.15, -0.1) is 0 Å². The number of hydrogen-bond acceptors (Lipinski definition) is 11. The summed E-state index contributed by atoms with van der Waals surface area (Å²) in [6.07, 6.45) is 9.53. The summed E-state index contributed by atoms with van der Waals surface area (Å²) in [5.41, 5.74) is 6.62. The van der Waals surface area contributed by atoms with Gasteiger partial charge < -0.3 is 40.0 Å². The molecule has 0 aromatic rings. The molecule has 14 heteroatoms. The Morgan fingerprint density at radius 3 is 2.74 bits per heavy atom. The minimum absolute atomic E-state index is 0.0322. The fraction of sp³-hybridized carbons (Fsp3) is 0.825. The number of esters is 2. The van der Waals surface area contributed by atoms with Gasteiger partial charge in [0.25, 0.3) is 0 Å². The smallest absolute Gasteiger partial charge is 0.334 e. The van der Waals surface area contributed by atoms with Gasteiger partial charge in [0.2, 0.25) is 5.91 Å². The highest BCUT2D eigenvalue weighted by Gasteiger charge is 2.68. The molecule has 5 heterocycles. The molecule has 12 nitrogen and oxygen atoms in total. The van der Waals surface area contributed by atoms with E-state index in [-0.39, 0.29) is 91.4 Å². The third-order valence-corrected chi connectivity index (χ3v) is 16.7. The predicted molar refractivity (Wildman–Crippen MR) is 206 cm³/mol. The number of hydrogen-bond donors (Lipinski definition) is 5. The molecule has 1 amide bonds. The number of allylic oxidation sites excluding steroid dienone is 1. The Kier molecular flexibility index (Phi) is 12.8. The molecule has 8 N–H and O–H groups in total. The van der Waals surface area contributed by atoms with Crippen molar-refractivity contribution >= 4 is 39.4 Å². The number of carbonyl (C=O) groups excluding carboxylic acids is 3. The van der Waals surface area contributed by atoms with E-state index < -0.39 is 17.2 Å². The Hall–Kier alpha value is -1.65. The molecule has 13 unspecified atom stereocenters. The molecule has 13 atom stereocenters. The van der Waals surface area contributed by atoms with E-state index in [1.54, 1.807) is 13.0 Å². The highest BCUT2D eigenvalue weighted by Crippen LogP contribution is 2.62. The van der Waals surface area contributed by atoms with Crippen LogP contribution in [0.3, 0.4) is 0 Å². The summed E-state index contributed by atoms with van der Waals surface area (Å²) < 4.78 is 20.4. The highest BCUT2D eigenvalue weighted by atomic mass is 33.1. The number of rotatable bonds is 9. The van der Waals surface area contributed by atoms with Gasteiger partial charge >= 0.3 is 11.9 Å². The Balaban J connectivity index is 1.26. The number of quaternary nitrogens is 2. The van der Waals surface area contributed by atoms with E-state index in [1.165, 1.54) is 5.57 Å². The first-order valence-electron chi connectivity index (χ1n) is 20.6. The molecule has 0 radical (unpaired) electrons. The Morgan fingerprint density at radius 2 is 1.98 bits per heavy atom. The maximum Gasteiger partial charge on any atom is 0.334 e. The number of piperidine rings is 1. The van der Waals surface area contributed by atoms with Crippen molar-refractivity contribution in [2.24, 2.45) is 47.2 Å². The summed E-state index contributed by atoms with van der Waals surface area (Å²) >= 11 is 0. The van der Waals surface area contributed by atoms with E-state index in [0.29, 0.717) is 50.0 Å². The number of nitrogens with zero attached hydrogens (tertiary/aromatic N) is 1. The minimum atomic E-state index is -1.04. The van der Waals surface area contributed by atoms with Gasteiger partial charge in [0, 0.05) is 86.7 Å². The van der Waals surface area contributed by atoms with Gasteiger partial charge in [-0.1, -0.05) is 39.3 Å². The van der Waals surface area contributed by atoms with Crippen molar-refractivity contribution in [3.05, 3.63) is 23.3 Å². The van der Waals surface area contributed by atoms with Gasteiger partial charge in [0.1, 0.15) is 23.5 Å². The third-order valence-electron chi connectivity index (χ3n) is 14.3. The van der Waals surface area contributed by atoms with Gasteiger partial charge in [-0.3, -0.25) is 15.3 Å². The first-order chi connectivity index (χ1) is 26.0. The van der Waals surface area contributed by atoms with Crippen molar-refractivity contribution in [3.8, 4) is 0 Å². The molecule has 1 saturated carbocycles. The number of ether oxygens (including phenoxy) is 3. The Labute approximate surface area is 328 Å². The molecule has 7 rings (SSSR count). The third kappa shape index (κ3) is 7.68. The van der Waals surface area contributed by atoms with Crippen LogP contribution in [0.4, 0.5) is 0 Å². The van der Waals surface area contributed by atoms with E-state index in [1.807, 2.05) is 28.5 Å². The van der Waals surface area contributed by atoms with Crippen LogP contribution >= 0.6 is 21.6 Å². The van der Waals surface area contributed by atoms with Crippen molar-refractivity contribution in [1.82, 2.24) is 4.90 Å². The van der Waals surface area contributed by atoms with E-state index in [0.717, 1.165) is 50.4 Å². The van der Waals surface area contributed by atoms with Crippen LogP contribution in [0.25, 0.3) is 0 Å². The number of carbonyl (C=O) groups is 3. The monoisotopic (exact) mass is 792 g/mol. The fourth-order valence-corrected chi connectivity index (χ4v) is 14.1. The zero-order valence-corrected chi connectivity index (χ0v) is 34.0. The minimum Gasteiger partial charge on any atom is -0.462 e. The zero-order chi connectivity index (χ0) is 38.2. The second-order valence-electron chi connectivity index (χ2n) is 17.4. The summed E-state index contributed by atoms with van der Waals surface area (Å²) in [5, 5.41) is 23.7. The standard InChI is InChI=1S/C40H62N4O8S2/c1-4-23(8-11-46)38(49)52-39(2)9-7-25-21-53-54-22-31-29(18-42-3)20-44(31)35(47)14-28-19-43-34(41)15-30(28)36(25)40(39)17-27-13-26-12-24(6-5-10-45)37(48)50-32(26)16-33(27)51-40/h4,7,24,26-34,36,42-43,45-46H,5-6,8-22,41H2,1-3H3/p+2. The van der Waals surface area contributed by atoms with Crippen LogP contribution in [0, 0.1) is 41.4 Å². The quantitative estimate of drug-likeness (QED) is 0.0977. The Bertz CT molecular complexity index is 1470. The van der Waals surface area contributed by atoms with E-state index in [4.69, 9.17) is 19.9 Å². The van der Waals surface area contributed by atoms with Crippen LogP contribution < -0.4 is 16.4 Å². The topological polar surface area (TPSA) is 182 Å². The molecule has 5 saturated heterocycles. The lowest BCUT2D eigenvalue weighted by molar-refractivity contribution is -0.706. The van der Waals surface area contributed by atoms with Crippen LogP contribution in [-0.2, 0) is 28.6 Å². The van der Waals surface area contributed by atoms with E-state index in [9.17, 15) is 24.6 Å². The first-order valence-corrected chi connectivity index (χ1v) is 23.1. The van der Waals surface area contributed by atoms with Gasteiger partial charge in [0.15, 0.2) is 0 Å². The van der Waals surface area contributed by atoms with Crippen LogP contribution in [0.1, 0.15) is 78.1 Å². The van der Waals surface area contributed by atoms with Crippen LogP contribution in [0.5, 0.6) is 0 Å². The van der Waals surface area contributed by atoms with E-state index >= 15 is 0 Å². The summed E-state index contributed by atoms with van der Waals surface area (Å²) in [5.74, 6) is 2.00. The first kappa shape index (κ1) is 40.5. The molecular weight excluding hydrogens is 729 g/mol. The molecule has 5 aliphatic heterocycles. The second kappa shape index (κ2) is 17.1. The molecular formula is C40H64N4O8S2+2. The maximum absolute atomic E-state index is 14.2. The van der Waals surface area contributed by atoms with Crippen LogP contribution in [-0.4, -0.2) is 120 Å². The Morgan fingerprint density at radius 1 is 1.15 bits per heavy atom. The maximum atomic E-state index is 14.2. The number of amides is 1. The molecule has 7 aliphatic rings. The van der Waals surface area contributed by atoms with Gasteiger partial charge in [0.05, 0.1) is 38.2 Å². The molecule has 0 aromatic carbocycles.